The highest BCUT2D eigenvalue weighted by Crippen LogP contribution is 2.17. The van der Waals surface area contributed by atoms with Crippen molar-refractivity contribution in [2.75, 3.05) is 32.8 Å². The third kappa shape index (κ3) is 3.94. The third-order valence-electron chi connectivity index (χ3n) is 2.94. The lowest BCUT2D eigenvalue weighted by Crippen LogP contribution is -2.37. The summed E-state index contributed by atoms with van der Waals surface area (Å²) in [5, 5.41) is 9.01. The standard InChI is InChI=1S/C12H21NO3/c1-3-16-12(15)10(2)8-13-6-4-11(9-14)5-7-13/h11,14H,2-9H2,1H3. The third-order valence-corrected chi connectivity index (χ3v) is 2.94. The van der Waals surface area contributed by atoms with Gasteiger partial charge in [-0.2, -0.15) is 0 Å². The number of carbonyl (C=O) groups is 1. The van der Waals surface area contributed by atoms with E-state index in [9.17, 15) is 4.79 Å². The van der Waals surface area contributed by atoms with Gasteiger partial charge in [-0.1, -0.05) is 6.58 Å². The van der Waals surface area contributed by atoms with Crippen molar-refractivity contribution in [3.8, 4) is 0 Å². The van der Waals surface area contributed by atoms with Crippen molar-refractivity contribution in [2.45, 2.75) is 19.8 Å². The summed E-state index contributed by atoms with van der Waals surface area (Å²) in [6.45, 7) is 8.62. The Labute approximate surface area is 96.9 Å². The van der Waals surface area contributed by atoms with E-state index in [0.29, 0.717) is 24.6 Å². The molecule has 1 aliphatic rings. The maximum absolute atomic E-state index is 11.3. The van der Waals surface area contributed by atoms with Crippen LogP contribution in [0.15, 0.2) is 12.2 Å². The van der Waals surface area contributed by atoms with Crippen LogP contribution in [0, 0.1) is 5.92 Å². The number of piperidine rings is 1. The van der Waals surface area contributed by atoms with Gasteiger partial charge >= 0.3 is 5.97 Å². The highest BCUT2D eigenvalue weighted by atomic mass is 16.5. The van der Waals surface area contributed by atoms with E-state index in [1.54, 1.807) is 6.92 Å². The second-order valence-electron chi connectivity index (χ2n) is 4.23. The summed E-state index contributed by atoms with van der Waals surface area (Å²) in [5.41, 5.74) is 0.518. The Kier molecular flexibility index (Phi) is 5.49. The maximum atomic E-state index is 11.3. The first kappa shape index (κ1) is 13.2. The van der Waals surface area contributed by atoms with E-state index in [4.69, 9.17) is 9.84 Å². The molecule has 1 fully saturated rings. The van der Waals surface area contributed by atoms with Gasteiger partial charge in [0, 0.05) is 18.7 Å². The molecule has 0 unspecified atom stereocenters. The Hall–Kier alpha value is -0.870. The first-order valence-corrected chi connectivity index (χ1v) is 5.85. The minimum Gasteiger partial charge on any atom is -0.463 e. The van der Waals surface area contributed by atoms with E-state index in [1.165, 1.54) is 0 Å². The van der Waals surface area contributed by atoms with Crippen LogP contribution in [0.4, 0.5) is 0 Å². The molecule has 1 aliphatic heterocycles. The number of nitrogens with zero attached hydrogens (tertiary/aromatic N) is 1. The summed E-state index contributed by atoms with van der Waals surface area (Å²) < 4.78 is 4.88. The summed E-state index contributed by atoms with van der Waals surface area (Å²) in [5.74, 6) is 0.124. The van der Waals surface area contributed by atoms with Crippen LogP contribution in [0.3, 0.4) is 0 Å². The molecule has 0 aromatic rings. The Morgan fingerprint density at radius 1 is 1.50 bits per heavy atom. The van der Waals surface area contributed by atoms with Crippen molar-refractivity contribution in [3.63, 3.8) is 0 Å². The topological polar surface area (TPSA) is 49.8 Å². The van der Waals surface area contributed by atoms with E-state index in [-0.39, 0.29) is 12.6 Å². The SMILES string of the molecule is C=C(CN1CCC(CO)CC1)C(=O)OCC. The minimum absolute atomic E-state index is 0.270. The highest BCUT2D eigenvalue weighted by Gasteiger charge is 2.20. The van der Waals surface area contributed by atoms with Gasteiger partial charge in [-0.3, -0.25) is 4.90 Å². The van der Waals surface area contributed by atoms with Gasteiger partial charge in [-0.05, 0) is 38.8 Å². The largest absolute Gasteiger partial charge is 0.463 e. The van der Waals surface area contributed by atoms with Gasteiger partial charge in [0.1, 0.15) is 0 Å². The monoisotopic (exact) mass is 227 g/mol. The van der Waals surface area contributed by atoms with Gasteiger partial charge in [0.15, 0.2) is 0 Å². The number of esters is 1. The Bertz CT molecular complexity index is 245. The zero-order valence-corrected chi connectivity index (χ0v) is 9.95. The Morgan fingerprint density at radius 3 is 2.62 bits per heavy atom. The van der Waals surface area contributed by atoms with Crippen molar-refractivity contribution < 1.29 is 14.6 Å². The molecule has 92 valence electrons. The molecule has 0 aromatic heterocycles. The highest BCUT2D eigenvalue weighted by molar-refractivity contribution is 5.88. The fourth-order valence-electron chi connectivity index (χ4n) is 1.89. The fraction of sp³-hybridized carbons (Fsp3) is 0.750. The number of hydrogen-bond donors (Lipinski definition) is 1. The predicted molar refractivity (Wildman–Crippen MR) is 62.0 cm³/mol. The van der Waals surface area contributed by atoms with Crippen molar-refractivity contribution in [1.82, 2.24) is 4.90 Å². The summed E-state index contributed by atoms with van der Waals surface area (Å²) in [4.78, 5) is 13.5. The van der Waals surface area contributed by atoms with Crippen molar-refractivity contribution >= 4 is 5.97 Å². The lowest BCUT2D eigenvalue weighted by atomic mass is 9.97. The quantitative estimate of drug-likeness (QED) is 0.558. The fourth-order valence-corrected chi connectivity index (χ4v) is 1.89. The average Bonchev–Trinajstić information content (AvgIpc) is 2.30. The second kappa shape index (κ2) is 6.66. The van der Waals surface area contributed by atoms with Crippen LogP contribution >= 0.6 is 0 Å². The van der Waals surface area contributed by atoms with Crippen LogP contribution in [0.1, 0.15) is 19.8 Å². The minimum atomic E-state index is -0.299. The van der Waals surface area contributed by atoms with Gasteiger partial charge in [-0.15, -0.1) is 0 Å². The zero-order chi connectivity index (χ0) is 12.0. The molecule has 0 radical (unpaired) electrons. The molecule has 4 nitrogen and oxygen atoms in total. The van der Waals surface area contributed by atoms with Crippen LogP contribution in [0.5, 0.6) is 0 Å². The zero-order valence-electron chi connectivity index (χ0n) is 9.95. The van der Waals surface area contributed by atoms with Crippen molar-refractivity contribution in [1.29, 1.82) is 0 Å². The molecule has 0 bridgehead atoms. The number of carbonyl (C=O) groups excluding carboxylic acids is 1. The van der Waals surface area contributed by atoms with E-state index in [0.717, 1.165) is 25.9 Å². The maximum Gasteiger partial charge on any atom is 0.334 e. The van der Waals surface area contributed by atoms with Crippen molar-refractivity contribution in [3.05, 3.63) is 12.2 Å². The molecule has 0 saturated carbocycles. The van der Waals surface area contributed by atoms with Crippen LogP contribution in [-0.4, -0.2) is 48.8 Å². The molecule has 0 spiro atoms. The number of aliphatic hydroxyl groups excluding tert-OH is 1. The summed E-state index contributed by atoms with van der Waals surface area (Å²) in [7, 11) is 0. The average molecular weight is 227 g/mol. The first-order valence-electron chi connectivity index (χ1n) is 5.85. The molecule has 0 amide bonds. The first-order chi connectivity index (χ1) is 7.67. The van der Waals surface area contributed by atoms with E-state index < -0.39 is 0 Å². The molecule has 0 aromatic carbocycles. The summed E-state index contributed by atoms with van der Waals surface area (Å²) in [6.07, 6.45) is 1.99. The Morgan fingerprint density at radius 2 is 2.12 bits per heavy atom. The molecular weight excluding hydrogens is 206 g/mol. The van der Waals surface area contributed by atoms with E-state index in [2.05, 4.69) is 11.5 Å². The smallest absolute Gasteiger partial charge is 0.334 e. The van der Waals surface area contributed by atoms with Crippen LogP contribution in [-0.2, 0) is 9.53 Å². The number of rotatable bonds is 5. The molecule has 16 heavy (non-hydrogen) atoms. The van der Waals surface area contributed by atoms with Crippen molar-refractivity contribution in [2.24, 2.45) is 5.92 Å². The molecule has 0 aliphatic carbocycles. The number of hydrogen-bond acceptors (Lipinski definition) is 4. The van der Waals surface area contributed by atoms with Gasteiger partial charge in [0.25, 0.3) is 0 Å². The molecule has 1 saturated heterocycles. The second-order valence-corrected chi connectivity index (χ2v) is 4.23. The van der Waals surface area contributed by atoms with Crippen LogP contribution < -0.4 is 0 Å². The molecule has 1 heterocycles. The summed E-state index contributed by atoms with van der Waals surface area (Å²) in [6, 6.07) is 0. The molecule has 1 N–H and O–H groups in total. The normalized spacial score (nSPS) is 18.4. The number of ether oxygens (including phenoxy) is 1. The molecule has 0 atom stereocenters. The van der Waals surface area contributed by atoms with Gasteiger partial charge in [0.2, 0.25) is 0 Å². The van der Waals surface area contributed by atoms with Gasteiger partial charge in [-0.25, -0.2) is 4.79 Å². The van der Waals surface area contributed by atoms with Gasteiger partial charge in [0.05, 0.1) is 6.61 Å². The van der Waals surface area contributed by atoms with E-state index >= 15 is 0 Å². The number of likely N-dealkylation sites (tertiary alicyclic amines) is 1. The molecule has 4 heteroatoms. The lowest BCUT2D eigenvalue weighted by molar-refractivity contribution is -0.138. The van der Waals surface area contributed by atoms with Crippen LogP contribution in [0.25, 0.3) is 0 Å². The van der Waals surface area contributed by atoms with E-state index in [1.807, 2.05) is 0 Å². The van der Waals surface area contributed by atoms with Crippen LogP contribution in [0.2, 0.25) is 0 Å². The lowest BCUT2D eigenvalue weighted by Gasteiger charge is -2.31. The summed E-state index contributed by atoms with van der Waals surface area (Å²) >= 11 is 0. The number of aliphatic hydroxyl groups is 1. The Balaban J connectivity index is 2.28. The molecule has 1 rings (SSSR count). The predicted octanol–water partition coefficient (Wildman–Crippen LogP) is 0.810. The molecular formula is C12H21NO3. The van der Waals surface area contributed by atoms with Gasteiger partial charge < -0.3 is 9.84 Å².